The number of carbonyl (C=O) groups excluding carboxylic acids is 2. The summed E-state index contributed by atoms with van der Waals surface area (Å²) >= 11 is 0. The number of ether oxygens (including phenoxy) is 1. The van der Waals surface area contributed by atoms with Crippen LogP contribution in [0.15, 0.2) is 24.3 Å². The van der Waals surface area contributed by atoms with Gasteiger partial charge >= 0.3 is 5.97 Å². The number of benzene rings is 1. The number of hydrogen-bond acceptors (Lipinski definition) is 4. The van der Waals surface area contributed by atoms with E-state index in [1.54, 1.807) is 19.1 Å². The minimum atomic E-state index is -0.434. The van der Waals surface area contributed by atoms with Crippen LogP contribution in [0, 0.1) is 0 Å². The van der Waals surface area contributed by atoms with Gasteiger partial charge in [-0.05, 0) is 24.6 Å². The van der Waals surface area contributed by atoms with E-state index in [2.05, 4.69) is 4.74 Å². The molecule has 0 saturated carbocycles. The Kier molecular flexibility index (Phi) is 5.17. The van der Waals surface area contributed by atoms with E-state index in [9.17, 15) is 9.59 Å². The van der Waals surface area contributed by atoms with Gasteiger partial charge in [-0.15, -0.1) is 0 Å². The van der Waals surface area contributed by atoms with Gasteiger partial charge in [-0.25, -0.2) is 0 Å². The van der Waals surface area contributed by atoms with Crippen LogP contribution in [0.2, 0.25) is 0 Å². The lowest BCUT2D eigenvalue weighted by atomic mass is 10.1. The van der Waals surface area contributed by atoms with Crippen LogP contribution < -0.4 is 0 Å². The molecular formula is C13H17NO4. The fourth-order valence-electron chi connectivity index (χ4n) is 1.50. The number of phenols is 1. The van der Waals surface area contributed by atoms with Gasteiger partial charge in [0, 0.05) is 6.54 Å². The number of amides is 1. The lowest BCUT2D eigenvalue weighted by Crippen LogP contribution is -2.36. The maximum Gasteiger partial charge on any atom is 0.325 e. The number of phenolic OH excluding ortho intramolecular Hbond substituents is 1. The van der Waals surface area contributed by atoms with Crippen molar-refractivity contribution in [2.45, 2.75) is 13.3 Å². The third-order valence-corrected chi connectivity index (χ3v) is 2.57. The largest absolute Gasteiger partial charge is 0.508 e. The summed E-state index contributed by atoms with van der Waals surface area (Å²) in [7, 11) is 1.29. The number of aromatic hydroxyl groups is 1. The minimum Gasteiger partial charge on any atom is -0.508 e. The molecule has 0 fully saturated rings. The number of likely N-dealkylation sites (N-methyl/N-ethyl adjacent to an activating group) is 1. The highest BCUT2D eigenvalue weighted by atomic mass is 16.5. The quantitative estimate of drug-likeness (QED) is 0.791. The molecule has 1 rings (SSSR count). The molecular weight excluding hydrogens is 234 g/mol. The summed E-state index contributed by atoms with van der Waals surface area (Å²) in [4.78, 5) is 24.5. The van der Waals surface area contributed by atoms with E-state index < -0.39 is 5.97 Å². The summed E-state index contributed by atoms with van der Waals surface area (Å²) < 4.78 is 4.53. The van der Waals surface area contributed by atoms with Gasteiger partial charge in [0.1, 0.15) is 12.3 Å². The van der Waals surface area contributed by atoms with Crippen LogP contribution in [0.5, 0.6) is 5.75 Å². The summed E-state index contributed by atoms with van der Waals surface area (Å²) in [5, 5.41) is 9.14. The van der Waals surface area contributed by atoms with Gasteiger partial charge in [-0.1, -0.05) is 12.1 Å². The summed E-state index contributed by atoms with van der Waals surface area (Å²) in [6, 6.07) is 6.41. The molecule has 0 aliphatic carbocycles. The van der Waals surface area contributed by atoms with Gasteiger partial charge in [0.2, 0.25) is 5.91 Å². The highest BCUT2D eigenvalue weighted by Crippen LogP contribution is 2.11. The van der Waals surface area contributed by atoms with Crippen LogP contribution in [0.3, 0.4) is 0 Å². The molecule has 1 aromatic rings. The molecule has 0 aliphatic rings. The smallest absolute Gasteiger partial charge is 0.325 e. The molecule has 0 heterocycles. The maximum absolute atomic E-state index is 11.9. The Bertz CT molecular complexity index is 414. The normalized spacial score (nSPS) is 9.89. The number of carbonyl (C=O) groups is 2. The minimum absolute atomic E-state index is 0.0378. The van der Waals surface area contributed by atoms with Crippen LogP contribution in [0.25, 0.3) is 0 Å². The van der Waals surface area contributed by atoms with Crippen molar-refractivity contribution >= 4 is 11.9 Å². The van der Waals surface area contributed by atoms with Crippen LogP contribution in [-0.4, -0.2) is 42.1 Å². The molecule has 0 aliphatic heterocycles. The zero-order valence-corrected chi connectivity index (χ0v) is 10.5. The van der Waals surface area contributed by atoms with Crippen molar-refractivity contribution in [2.75, 3.05) is 20.2 Å². The molecule has 0 aromatic heterocycles. The molecule has 0 saturated heterocycles. The first-order valence-electron chi connectivity index (χ1n) is 5.69. The first kappa shape index (κ1) is 14.0. The second-order valence-electron chi connectivity index (χ2n) is 3.83. The predicted octanol–water partition coefficient (Wildman–Crippen LogP) is 0.956. The molecule has 98 valence electrons. The van der Waals surface area contributed by atoms with Crippen molar-refractivity contribution in [2.24, 2.45) is 0 Å². The van der Waals surface area contributed by atoms with E-state index in [1.165, 1.54) is 24.1 Å². The van der Waals surface area contributed by atoms with Gasteiger partial charge in [-0.3, -0.25) is 9.59 Å². The maximum atomic E-state index is 11.9. The zero-order chi connectivity index (χ0) is 13.5. The van der Waals surface area contributed by atoms with E-state index in [0.29, 0.717) is 6.54 Å². The Labute approximate surface area is 106 Å². The van der Waals surface area contributed by atoms with Crippen LogP contribution >= 0.6 is 0 Å². The summed E-state index contributed by atoms with van der Waals surface area (Å²) in [5.41, 5.74) is 0.793. The number of hydrogen-bond donors (Lipinski definition) is 1. The monoisotopic (exact) mass is 251 g/mol. The van der Waals surface area contributed by atoms with Gasteiger partial charge in [0.15, 0.2) is 0 Å². The highest BCUT2D eigenvalue weighted by Gasteiger charge is 2.15. The molecule has 1 amide bonds. The Hall–Kier alpha value is -2.04. The van der Waals surface area contributed by atoms with Crippen molar-refractivity contribution in [1.82, 2.24) is 4.90 Å². The highest BCUT2D eigenvalue weighted by molar-refractivity contribution is 5.83. The van der Waals surface area contributed by atoms with Crippen LogP contribution in [-0.2, 0) is 20.7 Å². The molecule has 5 heteroatoms. The lowest BCUT2D eigenvalue weighted by molar-refractivity contribution is -0.146. The Balaban J connectivity index is 2.62. The molecule has 5 nitrogen and oxygen atoms in total. The first-order valence-corrected chi connectivity index (χ1v) is 5.69. The van der Waals surface area contributed by atoms with Crippen molar-refractivity contribution in [3.63, 3.8) is 0 Å². The molecule has 18 heavy (non-hydrogen) atoms. The number of nitrogens with zero attached hydrogens (tertiary/aromatic N) is 1. The van der Waals surface area contributed by atoms with Crippen LogP contribution in [0.4, 0.5) is 0 Å². The Morgan fingerprint density at radius 3 is 2.39 bits per heavy atom. The predicted molar refractivity (Wildman–Crippen MR) is 66.1 cm³/mol. The average molecular weight is 251 g/mol. The number of esters is 1. The molecule has 1 aromatic carbocycles. The lowest BCUT2D eigenvalue weighted by Gasteiger charge is -2.19. The second-order valence-corrected chi connectivity index (χ2v) is 3.83. The van der Waals surface area contributed by atoms with E-state index in [-0.39, 0.29) is 24.6 Å². The van der Waals surface area contributed by atoms with E-state index >= 15 is 0 Å². The summed E-state index contributed by atoms with van der Waals surface area (Å²) in [6.07, 6.45) is 0.200. The molecule has 0 unspecified atom stereocenters. The van der Waals surface area contributed by atoms with Crippen molar-refractivity contribution in [3.05, 3.63) is 29.8 Å². The molecule has 0 bridgehead atoms. The van der Waals surface area contributed by atoms with Crippen molar-refractivity contribution in [1.29, 1.82) is 0 Å². The third-order valence-electron chi connectivity index (χ3n) is 2.57. The van der Waals surface area contributed by atoms with Crippen molar-refractivity contribution in [3.8, 4) is 5.75 Å². The third kappa shape index (κ3) is 4.08. The van der Waals surface area contributed by atoms with E-state index in [1.807, 2.05) is 0 Å². The molecule has 1 N–H and O–H groups in total. The Morgan fingerprint density at radius 1 is 1.28 bits per heavy atom. The van der Waals surface area contributed by atoms with Gasteiger partial charge in [-0.2, -0.15) is 0 Å². The standard InChI is InChI=1S/C13H17NO4/c1-3-14(9-13(17)18-2)12(16)8-10-4-6-11(15)7-5-10/h4-7,15H,3,8-9H2,1-2H3. The van der Waals surface area contributed by atoms with Crippen molar-refractivity contribution < 1.29 is 19.4 Å². The second kappa shape index (κ2) is 6.64. The number of methoxy groups -OCH3 is 1. The van der Waals surface area contributed by atoms with E-state index in [0.717, 1.165) is 5.56 Å². The van der Waals surface area contributed by atoms with E-state index in [4.69, 9.17) is 5.11 Å². The van der Waals surface area contributed by atoms with Gasteiger partial charge in [0.05, 0.1) is 13.5 Å². The topological polar surface area (TPSA) is 66.8 Å². The van der Waals surface area contributed by atoms with Gasteiger partial charge < -0.3 is 14.7 Å². The summed E-state index contributed by atoms with van der Waals surface area (Å²) in [6.45, 7) is 2.22. The van der Waals surface area contributed by atoms with Gasteiger partial charge in [0.25, 0.3) is 0 Å². The fourth-order valence-corrected chi connectivity index (χ4v) is 1.50. The average Bonchev–Trinajstić information content (AvgIpc) is 2.38. The fraction of sp³-hybridized carbons (Fsp3) is 0.385. The SMILES string of the molecule is CCN(CC(=O)OC)C(=O)Cc1ccc(O)cc1. The zero-order valence-electron chi connectivity index (χ0n) is 10.5. The first-order chi connectivity index (χ1) is 8.56. The molecule has 0 radical (unpaired) electrons. The Morgan fingerprint density at radius 2 is 1.89 bits per heavy atom. The number of rotatable bonds is 5. The molecule has 0 atom stereocenters. The summed E-state index contributed by atoms with van der Waals surface area (Å²) in [5.74, 6) is -0.419. The molecule has 0 spiro atoms. The van der Waals surface area contributed by atoms with Crippen LogP contribution in [0.1, 0.15) is 12.5 Å².